The average molecular weight is 217 g/mol. The summed E-state index contributed by atoms with van der Waals surface area (Å²) in [7, 11) is 0. The summed E-state index contributed by atoms with van der Waals surface area (Å²) in [5.41, 5.74) is 1.49. The van der Waals surface area contributed by atoms with Crippen LogP contribution >= 0.6 is 0 Å². The van der Waals surface area contributed by atoms with Gasteiger partial charge in [0.15, 0.2) is 0 Å². The molecule has 2 fully saturated rings. The molecule has 0 spiro atoms. The number of benzene rings is 1. The van der Waals surface area contributed by atoms with Crippen LogP contribution in [0.15, 0.2) is 30.3 Å². The van der Waals surface area contributed by atoms with Crippen molar-refractivity contribution in [1.29, 1.82) is 0 Å². The van der Waals surface area contributed by atoms with Gasteiger partial charge in [0, 0.05) is 31.2 Å². The van der Waals surface area contributed by atoms with Gasteiger partial charge in [-0.1, -0.05) is 30.3 Å². The van der Waals surface area contributed by atoms with Gasteiger partial charge < -0.3 is 10.1 Å². The molecule has 0 aromatic heterocycles. The Bertz CT molecular complexity index is 332. The molecule has 1 saturated carbocycles. The maximum absolute atomic E-state index is 5.37. The van der Waals surface area contributed by atoms with E-state index in [1.165, 1.54) is 24.8 Å². The molecule has 1 N–H and O–H groups in total. The monoisotopic (exact) mass is 217 g/mol. The van der Waals surface area contributed by atoms with Crippen LogP contribution < -0.4 is 5.32 Å². The first kappa shape index (κ1) is 10.3. The zero-order chi connectivity index (χ0) is 10.8. The van der Waals surface area contributed by atoms with Crippen molar-refractivity contribution >= 4 is 0 Å². The lowest BCUT2D eigenvalue weighted by molar-refractivity contribution is 0.0774. The van der Waals surface area contributed by atoms with Gasteiger partial charge in [-0.05, 0) is 24.8 Å². The molecule has 16 heavy (non-hydrogen) atoms. The molecule has 1 aliphatic carbocycles. The Balaban J connectivity index is 1.52. The number of hydrogen-bond acceptors (Lipinski definition) is 2. The first-order chi connectivity index (χ1) is 7.93. The summed E-state index contributed by atoms with van der Waals surface area (Å²) in [5, 5.41) is 3.76. The highest BCUT2D eigenvalue weighted by Crippen LogP contribution is 2.41. The van der Waals surface area contributed by atoms with Gasteiger partial charge in [0.25, 0.3) is 0 Å². The van der Waals surface area contributed by atoms with Crippen LogP contribution in [0.4, 0.5) is 0 Å². The van der Waals surface area contributed by atoms with Gasteiger partial charge in [-0.25, -0.2) is 0 Å². The Morgan fingerprint density at radius 2 is 1.81 bits per heavy atom. The van der Waals surface area contributed by atoms with E-state index < -0.39 is 0 Å². The van der Waals surface area contributed by atoms with Crippen LogP contribution in [0.1, 0.15) is 30.7 Å². The second-order valence-electron chi connectivity index (χ2n) is 4.91. The zero-order valence-corrected chi connectivity index (χ0v) is 9.56. The van der Waals surface area contributed by atoms with Gasteiger partial charge in [0.05, 0.1) is 0 Å². The summed E-state index contributed by atoms with van der Waals surface area (Å²) in [6.07, 6.45) is 3.66. The Morgan fingerprint density at radius 1 is 1.06 bits per heavy atom. The molecule has 86 valence electrons. The maximum Gasteiger partial charge on any atom is 0.0480 e. The summed E-state index contributed by atoms with van der Waals surface area (Å²) in [6, 6.07) is 12.3. The predicted molar refractivity (Wildman–Crippen MR) is 64.6 cm³/mol. The predicted octanol–water partition coefficient (Wildman–Crippen LogP) is 2.31. The highest BCUT2D eigenvalue weighted by Gasteiger charge is 2.39. The molecule has 1 heterocycles. The summed E-state index contributed by atoms with van der Waals surface area (Å²) >= 11 is 0. The van der Waals surface area contributed by atoms with Gasteiger partial charge in [-0.2, -0.15) is 0 Å². The average Bonchev–Trinajstić information content (AvgIpc) is 3.11. The quantitative estimate of drug-likeness (QED) is 0.839. The van der Waals surface area contributed by atoms with Crippen molar-refractivity contribution in [2.75, 3.05) is 13.2 Å². The van der Waals surface area contributed by atoms with E-state index in [4.69, 9.17) is 4.74 Å². The molecule has 1 aliphatic heterocycles. The Morgan fingerprint density at radius 3 is 2.56 bits per heavy atom. The Labute approximate surface area is 97.0 Å². The lowest BCUT2D eigenvalue weighted by Gasteiger charge is -2.23. The molecular formula is C14H19NO. The molecule has 3 rings (SSSR count). The molecule has 2 unspecified atom stereocenters. The standard InChI is InChI=1S/C14H19NO/c1-2-4-11(5-3-1)13-10-14(13)15-12-6-8-16-9-7-12/h1-5,12-15H,6-10H2. The van der Waals surface area contributed by atoms with Crippen molar-refractivity contribution in [2.24, 2.45) is 0 Å². The van der Waals surface area contributed by atoms with Crippen molar-refractivity contribution in [3.8, 4) is 0 Å². The number of hydrogen-bond donors (Lipinski definition) is 1. The Hall–Kier alpha value is -0.860. The van der Waals surface area contributed by atoms with Crippen LogP contribution in [0.2, 0.25) is 0 Å². The Kier molecular flexibility index (Phi) is 2.94. The van der Waals surface area contributed by atoms with Crippen LogP contribution in [0.25, 0.3) is 0 Å². The number of nitrogens with one attached hydrogen (secondary N) is 1. The molecule has 2 nitrogen and oxygen atoms in total. The minimum Gasteiger partial charge on any atom is -0.381 e. The third-order valence-electron chi connectivity index (χ3n) is 3.69. The minimum absolute atomic E-state index is 0.687. The summed E-state index contributed by atoms with van der Waals surface area (Å²) < 4.78 is 5.37. The highest BCUT2D eigenvalue weighted by atomic mass is 16.5. The molecule has 0 amide bonds. The first-order valence-corrected chi connectivity index (χ1v) is 6.32. The fraction of sp³-hybridized carbons (Fsp3) is 0.571. The van der Waals surface area contributed by atoms with E-state index in [0.29, 0.717) is 12.1 Å². The van der Waals surface area contributed by atoms with Gasteiger partial charge in [0.1, 0.15) is 0 Å². The third kappa shape index (κ3) is 2.28. The third-order valence-corrected chi connectivity index (χ3v) is 3.69. The van der Waals surface area contributed by atoms with E-state index in [-0.39, 0.29) is 0 Å². The van der Waals surface area contributed by atoms with Crippen LogP contribution in [0.3, 0.4) is 0 Å². The lowest BCUT2D eigenvalue weighted by atomic mass is 10.1. The molecular weight excluding hydrogens is 198 g/mol. The molecule has 1 aromatic carbocycles. The van der Waals surface area contributed by atoms with Crippen molar-refractivity contribution in [2.45, 2.75) is 37.3 Å². The fourth-order valence-electron chi connectivity index (χ4n) is 2.61. The molecule has 0 radical (unpaired) electrons. The molecule has 2 aliphatic rings. The number of rotatable bonds is 3. The van der Waals surface area contributed by atoms with Crippen molar-refractivity contribution in [3.63, 3.8) is 0 Å². The van der Waals surface area contributed by atoms with Crippen LogP contribution in [-0.4, -0.2) is 25.3 Å². The first-order valence-electron chi connectivity index (χ1n) is 6.32. The van der Waals surface area contributed by atoms with Crippen LogP contribution in [0, 0.1) is 0 Å². The second-order valence-corrected chi connectivity index (χ2v) is 4.91. The van der Waals surface area contributed by atoms with Crippen LogP contribution in [-0.2, 0) is 4.74 Å². The lowest BCUT2D eigenvalue weighted by Crippen LogP contribution is -2.36. The van der Waals surface area contributed by atoms with Crippen molar-refractivity contribution in [3.05, 3.63) is 35.9 Å². The normalized spacial score (nSPS) is 30.2. The van der Waals surface area contributed by atoms with Crippen molar-refractivity contribution < 1.29 is 4.74 Å². The molecule has 0 bridgehead atoms. The topological polar surface area (TPSA) is 21.3 Å². The minimum atomic E-state index is 0.687. The van der Waals surface area contributed by atoms with Crippen molar-refractivity contribution in [1.82, 2.24) is 5.32 Å². The van der Waals surface area contributed by atoms with E-state index in [2.05, 4.69) is 35.6 Å². The fourth-order valence-corrected chi connectivity index (χ4v) is 2.61. The zero-order valence-electron chi connectivity index (χ0n) is 9.56. The molecule has 2 heteroatoms. The summed E-state index contributed by atoms with van der Waals surface area (Å²) in [5.74, 6) is 0.754. The molecule has 1 aromatic rings. The van der Waals surface area contributed by atoms with Gasteiger partial charge in [-0.15, -0.1) is 0 Å². The van der Waals surface area contributed by atoms with E-state index in [1.807, 2.05) is 0 Å². The maximum atomic E-state index is 5.37. The summed E-state index contributed by atoms with van der Waals surface area (Å²) in [6.45, 7) is 1.86. The highest BCUT2D eigenvalue weighted by molar-refractivity contribution is 5.27. The largest absolute Gasteiger partial charge is 0.381 e. The van der Waals surface area contributed by atoms with E-state index in [1.54, 1.807) is 0 Å². The smallest absolute Gasteiger partial charge is 0.0480 e. The molecule has 2 atom stereocenters. The van der Waals surface area contributed by atoms with E-state index in [9.17, 15) is 0 Å². The number of ether oxygens (including phenoxy) is 1. The second kappa shape index (κ2) is 4.56. The molecule has 1 saturated heterocycles. The van der Waals surface area contributed by atoms with Crippen LogP contribution in [0.5, 0.6) is 0 Å². The summed E-state index contributed by atoms with van der Waals surface area (Å²) in [4.78, 5) is 0. The van der Waals surface area contributed by atoms with Gasteiger partial charge >= 0.3 is 0 Å². The SMILES string of the molecule is c1ccc(C2CC2NC2CCOCC2)cc1. The van der Waals surface area contributed by atoms with Gasteiger partial charge in [-0.3, -0.25) is 0 Å². The van der Waals surface area contributed by atoms with E-state index in [0.717, 1.165) is 19.1 Å². The van der Waals surface area contributed by atoms with E-state index >= 15 is 0 Å². The van der Waals surface area contributed by atoms with Gasteiger partial charge in [0.2, 0.25) is 0 Å².